The first-order chi connectivity index (χ1) is 9.38. The van der Waals surface area contributed by atoms with E-state index >= 15 is 0 Å². The summed E-state index contributed by atoms with van der Waals surface area (Å²) in [5.74, 6) is 0.447. The lowest BCUT2D eigenvalue weighted by Gasteiger charge is -2.20. The van der Waals surface area contributed by atoms with E-state index in [1.165, 1.54) is 17.3 Å². The maximum atomic E-state index is 11.8. The minimum Gasteiger partial charge on any atom is -0.317 e. The van der Waals surface area contributed by atoms with Crippen LogP contribution in [-0.2, 0) is 4.79 Å². The summed E-state index contributed by atoms with van der Waals surface area (Å²) in [5, 5.41) is 0.731. The van der Waals surface area contributed by atoms with Gasteiger partial charge in [-0.25, -0.2) is 4.99 Å². The highest BCUT2D eigenvalue weighted by atomic mass is 32.2. The van der Waals surface area contributed by atoms with Gasteiger partial charge in [0.05, 0.1) is 11.4 Å². The third kappa shape index (κ3) is 3.12. The molecule has 3 nitrogen and oxygen atoms in total. The zero-order valence-corrected chi connectivity index (χ0v) is 13.3. The average Bonchev–Trinajstić information content (AvgIpc) is 2.60. The molecule has 0 radical (unpaired) electrons. The number of aliphatic imine (C=N–C) groups is 1. The van der Waals surface area contributed by atoms with E-state index < -0.39 is 0 Å². The van der Waals surface area contributed by atoms with E-state index in [2.05, 4.69) is 38.4 Å². The Morgan fingerprint density at radius 1 is 1.35 bits per heavy atom. The Balaban J connectivity index is 2.36. The lowest BCUT2D eigenvalue weighted by atomic mass is 10.1. The molecule has 0 amide bonds. The molecule has 1 aliphatic rings. The average molecular weight is 288 g/mol. The maximum Gasteiger partial charge on any atom is 0.242 e. The summed E-state index contributed by atoms with van der Waals surface area (Å²) < 4.78 is 0. The van der Waals surface area contributed by atoms with Gasteiger partial charge in [-0.3, -0.25) is 4.79 Å². The van der Waals surface area contributed by atoms with E-state index in [-0.39, 0.29) is 5.12 Å². The van der Waals surface area contributed by atoms with Crippen LogP contribution in [0.2, 0.25) is 0 Å². The SMILES string of the molecule is C=C1C(=O)SC(=Nc2ccc(C)cc2C)N1CC(C)C. The summed E-state index contributed by atoms with van der Waals surface area (Å²) in [4.78, 5) is 18.4. The Morgan fingerprint density at radius 3 is 2.65 bits per heavy atom. The van der Waals surface area contributed by atoms with Crippen molar-refractivity contribution in [3.63, 3.8) is 0 Å². The second-order valence-electron chi connectivity index (χ2n) is 5.52. The van der Waals surface area contributed by atoms with Crippen LogP contribution in [0.5, 0.6) is 0 Å². The van der Waals surface area contributed by atoms with Crippen LogP contribution in [-0.4, -0.2) is 21.7 Å². The molecule has 1 aromatic rings. The molecule has 1 aliphatic heterocycles. The lowest BCUT2D eigenvalue weighted by molar-refractivity contribution is -0.108. The van der Waals surface area contributed by atoms with Crippen molar-refractivity contribution in [1.29, 1.82) is 0 Å². The molecule has 0 saturated carbocycles. The summed E-state index contributed by atoms with van der Waals surface area (Å²) in [6.07, 6.45) is 0. The quantitative estimate of drug-likeness (QED) is 0.787. The van der Waals surface area contributed by atoms with Crippen molar-refractivity contribution in [2.45, 2.75) is 27.7 Å². The molecule has 4 heteroatoms. The Kier molecular flexibility index (Phi) is 4.33. The monoisotopic (exact) mass is 288 g/mol. The molecule has 1 saturated heterocycles. The van der Waals surface area contributed by atoms with Gasteiger partial charge in [0.2, 0.25) is 5.12 Å². The van der Waals surface area contributed by atoms with Crippen LogP contribution in [0.1, 0.15) is 25.0 Å². The van der Waals surface area contributed by atoms with E-state index in [1.54, 1.807) is 0 Å². The van der Waals surface area contributed by atoms with E-state index in [1.807, 2.05) is 24.0 Å². The topological polar surface area (TPSA) is 32.7 Å². The van der Waals surface area contributed by atoms with Gasteiger partial charge in [0.25, 0.3) is 0 Å². The second-order valence-corrected chi connectivity index (χ2v) is 6.47. The number of carbonyl (C=O) groups is 1. The van der Waals surface area contributed by atoms with E-state index in [4.69, 9.17) is 0 Å². The largest absolute Gasteiger partial charge is 0.317 e. The van der Waals surface area contributed by atoms with Crippen molar-refractivity contribution in [3.8, 4) is 0 Å². The van der Waals surface area contributed by atoms with Crippen LogP contribution in [0.15, 0.2) is 35.5 Å². The molecule has 0 aromatic heterocycles. The van der Waals surface area contributed by atoms with Crippen LogP contribution in [0.4, 0.5) is 5.69 Å². The molecule has 20 heavy (non-hydrogen) atoms. The maximum absolute atomic E-state index is 11.8. The highest BCUT2D eigenvalue weighted by Gasteiger charge is 2.31. The normalized spacial score (nSPS) is 17.6. The first kappa shape index (κ1) is 14.9. The summed E-state index contributed by atoms with van der Waals surface area (Å²) in [6.45, 7) is 13.0. The van der Waals surface area contributed by atoms with Gasteiger partial charge in [-0.1, -0.05) is 38.1 Å². The Morgan fingerprint density at radius 2 is 2.05 bits per heavy atom. The number of aryl methyl sites for hydroxylation is 2. The number of thioether (sulfide) groups is 1. The predicted molar refractivity (Wildman–Crippen MR) is 86.3 cm³/mol. The Hall–Kier alpha value is -1.55. The number of rotatable bonds is 3. The number of hydrogen-bond acceptors (Lipinski definition) is 3. The van der Waals surface area contributed by atoms with Crippen molar-refractivity contribution >= 4 is 27.7 Å². The first-order valence-corrected chi connectivity index (χ1v) is 7.54. The van der Waals surface area contributed by atoms with Gasteiger partial charge in [0, 0.05) is 6.54 Å². The van der Waals surface area contributed by atoms with Crippen LogP contribution in [0, 0.1) is 19.8 Å². The molecular formula is C16H20N2OS. The zero-order chi connectivity index (χ0) is 14.9. The van der Waals surface area contributed by atoms with Gasteiger partial charge in [-0.15, -0.1) is 0 Å². The number of amidine groups is 1. The molecule has 0 unspecified atom stereocenters. The lowest BCUT2D eigenvalue weighted by Crippen LogP contribution is -2.27. The first-order valence-electron chi connectivity index (χ1n) is 6.73. The van der Waals surface area contributed by atoms with Crippen LogP contribution in [0.25, 0.3) is 0 Å². The minimum absolute atomic E-state index is 0.00540. The molecule has 1 fully saturated rings. The minimum atomic E-state index is -0.00540. The van der Waals surface area contributed by atoms with Gasteiger partial charge < -0.3 is 4.90 Å². The fourth-order valence-corrected chi connectivity index (χ4v) is 2.93. The highest BCUT2D eigenvalue weighted by molar-refractivity contribution is 8.27. The van der Waals surface area contributed by atoms with E-state index in [9.17, 15) is 4.79 Å². The third-order valence-electron chi connectivity index (χ3n) is 3.09. The number of benzene rings is 1. The fourth-order valence-electron chi connectivity index (χ4n) is 2.09. The van der Waals surface area contributed by atoms with Crippen molar-refractivity contribution in [3.05, 3.63) is 41.6 Å². The molecule has 0 atom stereocenters. The molecule has 0 N–H and O–H groups in total. The van der Waals surface area contributed by atoms with Gasteiger partial charge in [-0.2, -0.15) is 0 Å². The summed E-state index contributed by atoms with van der Waals surface area (Å²) in [7, 11) is 0. The summed E-state index contributed by atoms with van der Waals surface area (Å²) >= 11 is 1.17. The zero-order valence-electron chi connectivity index (χ0n) is 12.4. The van der Waals surface area contributed by atoms with Gasteiger partial charge >= 0.3 is 0 Å². The predicted octanol–water partition coefficient (Wildman–Crippen LogP) is 4.04. The van der Waals surface area contributed by atoms with Crippen LogP contribution in [0.3, 0.4) is 0 Å². The van der Waals surface area contributed by atoms with E-state index in [0.29, 0.717) is 11.6 Å². The molecular weight excluding hydrogens is 268 g/mol. The molecule has 2 rings (SSSR count). The third-order valence-corrected chi connectivity index (χ3v) is 4.01. The molecule has 1 aromatic carbocycles. The smallest absolute Gasteiger partial charge is 0.242 e. The van der Waals surface area contributed by atoms with Crippen LogP contribution >= 0.6 is 11.8 Å². The van der Waals surface area contributed by atoms with Gasteiger partial charge in [0.1, 0.15) is 0 Å². The number of carbonyl (C=O) groups excluding carboxylic acids is 1. The summed E-state index contributed by atoms with van der Waals surface area (Å²) in [5.41, 5.74) is 3.78. The van der Waals surface area contributed by atoms with E-state index in [0.717, 1.165) is 23.0 Å². The van der Waals surface area contributed by atoms with Gasteiger partial charge in [0.15, 0.2) is 5.17 Å². The Labute approximate surface area is 124 Å². The molecule has 0 spiro atoms. The van der Waals surface area contributed by atoms with Crippen molar-refractivity contribution in [1.82, 2.24) is 4.90 Å². The van der Waals surface area contributed by atoms with Crippen molar-refractivity contribution in [2.24, 2.45) is 10.9 Å². The molecule has 0 bridgehead atoms. The fraction of sp³-hybridized carbons (Fsp3) is 0.375. The van der Waals surface area contributed by atoms with Gasteiger partial charge in [-0.05, 0) is 43.2 Å². The standard InChI is InChI=1S/C16H20N2OS/c1-10(2)9-18-13(5)15(19)20-16(18)17-14-7-6-11(3)8-12(14)4/h6-8,10H,5,9H2,1-4H3. The molecule has 0 aliphatic carbocycles. The molecule has 1 heterocycles. The van der Waals surface area contributed by atoms with Crippen molar-refractivity contribution in [2.75, 3.05) is 6.54 Å². The Bertz CT molecular complexity index is 590. The number of nitrogens with zero attached hydrogens (tertiary/aromatic N) is 2. The molecule has 106 valence electrons. The highest BCUT2D eigenvalue weighted by Crippen LogP contribution is 2.31. The van der Waals surface area contributed by atoms with Crippen molar-refractivity contribution < 1.29 is 4.79 Å². The summed E-state index contributed by atoms with van der Waals surface area (Å²) in [6, 6.07) is 6.13. The van der Waals surface area contributed by atoms with Crippen LogP contribution < -0.4 is 0 Å². The second kappa shape index (κ2) is 5.83. The number of hydrogen-bond donors (Lipinski definition) is 0.